The molecule has 0 bridgehead atoms. The van der Waals surface area contributed by atoms with Gasteiger partial charge in [0.05, 0.1) is 0 Å². The van der Waals surface area contributed by atoms with Crippen molar-refractivity contribution in [1.82, 2.24) is 10.9 Å². The third kappa shape index (κ3) is 19.5. The lowest BCUT2D eigenvalue weighted by Crippen LogP contribution is -2.27. The number of hydrogen-bond acceptors (Lipinski definition) is 2. The van der Waals surface area contributed by atoms with Gasteiger partial charge in [-0.05, 0) is 13.3 Å². The normalized spacial score (nSPS) is 11.3. The van der Waals surface area contributed by atoms with Crippen molar-refractivity contribution >= 4 is 0 Å². The molecule has 0 aliphatic rings. The highest BCUT2D eigenvalue weighted by Gasteiger charge is 1.93. The maximum absolute atomic E-state index is 3.19. The third-order valence-electron chi connectivity index (χ3n) is 4.01. The van der Waals surface area contributed by atoms with Crippen LogP contribution in [0.2, 0.25) is 0 Å². The second kappa shape index (κ2) is 19.5. The predicted octanol–water partition coefficient (Wildman–Crippen LogP) is 6.10. The van der Waals surface area contributed by atoms with Crippen LogP contribution in [0.3, 0.4) is 0 Å². The van der Waals surface area contributed by atoms with Gasteiger partial charge in [-0.15, -0.1) is 0 Å². The van der Waals surface area contributed by atoms with E-state index in [1.165, 1.54) is 89.9 Å². The largest absolute Gasteiger partial charge is 0.329 e. The maximum atomic E-state index is 3.19. The van der Waals surface area contributed by atoms with E-state index in [1.807, 2.05) is 19.2 Å². The standard InChI is InChI=1S/C19H40N2/c1-3-5-6-7-8-9-10-11-12-13-14-15-16-17-19-21-20-18-4-2/h4,18,20-21H,3,5-17,19H2,1-2H3/b18-4+. The molecule has 0 aliphatic heterocycles. The summed E-state index contributed by atoms with van der Waals surface area (Å²) in [5.74, 6) is 0. The van der Waals surface area contributed by atoms with Gasteiger partial charge in [-0.2, -0.15) is 0 Å². The molecular formula is C19H40N2. The molecule has 0 fully saturated rings. The molecule has 0 aromatic rings. The molecule has 2 nitrogen and oxygen atoms in total. The van der Waals surface area contributed by atoms with E-state index >= 15 is 0 Å². The monoisotopic (exact) mass is 296 g/mol. The van der Waals surface area contributed by atoms with Crippen molar-refractivity contribution in [3.63, 3.8) is 0 Å². The van der Waals surface area contributed by atoms with E-state index in [9.17, 15) is 0 Å². The fourth-order valence-corrected chi connectivity index (χ4v) is 2.62. The Bertz CT molecular complexity index is 202. The Morgan fingerprint density at radius 2 is 1.05 bits per heavy atom. The summed E-state index contributed by atoms with van der Waals surface area (Å²) in [6.07, 6.45) is 23.9. The molecule has 0 amide bonds. The highest BCUT2D eigenvalue weighted by molar-refractivity contribution is 4.71. The molecule has 0 aromatic heterocycles. The van der Waals surface area contributed by atoms with Gasteiger partial charge in [0, 0.05) is 12.7 Å². The lowest BCUT2D eigenvalue weighted by Gasteiger charge is -2.04. The summed E-state index contributed by atoms with van der Waals surface area (Å²) in [7, 11) is 0. The molecule has 0 radical (unpaired) electrons. The number of unbranched alkanes of at least 4 members (excludes halogenated alkanes) is 13. The van der Waals surface area contributed by atoms with Crippen LogP contribution in [0.15, 0.2) is 12.3 Å². The van der Waals surface area contributed by atoms with Crippen molar-refractivity contribution in [2.24, 2.45) is 0 Å². The smallest absolute Gasteiger partial charge is 0.0147 e. The van der Waals surface area contributed by atoms with Crippen LogP contribution in [0, 0.1) is 0 Å². The first-order valence-corrected chi connectivity index (χ1v) is 9.51. The quantitative estimate of drug-likeness (QED) is 0.250. The maximum Gasteiger partial charge on any atom is 0.0147 e. The van der Waals surface area contributed by atoms with Crippen LogP contribution in [0.25, 0.3) is 0 Å². The molecule has 2 heteroatoms. The van der Waals surface area contributed by atoms with Crippen LogP contribution in [-0.2, 0) is 0 Å². The summed E-state index contributed by atoms with van der Waals surface area (Å²) in [4.78, 5) is 0. The lowest BCUT2D eigenvalue weighted by atomic mass is 10.0. The summed E-state index contributed by atoms with van der Waals surface area (Å²) in [6, 6.07) is 0. The Kier molecular flexibility index (Phi) is 19.0. The summed E-state index contributed by atoms with van der Waals surface area (Å²) in [5.41, 5.74) is 6.24. The highest BCUT2D eigenvalue weighted by atomic mass is 15.3. The molecule has 0 saturated carbocycles. The Morgan fingerprint density at radius 1 is 0.619 bits per heavy atom. The average molecular weight is 297 g/mol. The molecule has 126 valence electrons. The number of nitrogens with one attached hydrogen (secondary N) is 2. The van der Waals surface area contributed by atoms with Crippen molar-refractivity contribution < 1.29 is 0 Å². The van der Waals surface area contributed by atoms with Crippen LogP contribution >= 0.6 is 0 Å². The molecule has 2 N–H and O–H groups in total. The first kappa shape index (κ1) is 20.5. The first-order valence-electron chi connectivity index (χ1n) is 9.51. The van der Waals surface area contributed by atoms with Gasteiger partial charge in [0.25, 0.3) is 0 Å². The molecule has 0 saturated heterocycles. The van der Waals surface area contributed by atoms with E-state index in [-0.39, 0.29) is 0 Å². The minimum atomic E-state index is 1.07. The van der Waals surface area contributed by atoms with Gasteiger partial charge in [0.15, 0.2) is 0 Å². The number of hydrazine groups is 1. The summed E-state index contributed by atoms with van der Waals surface area (Å²) in [5, 5.41) is 0. The molecule has 0 rings (SSSR count). The third-order valence-corrected chi connectivity index (χ3v) is 4.01. The highest BCUT2D eigenvalue weighted by Crippen LogP contribution is 2.12. The van der Waals surface area contributed by atoms with Crippen LogP contribution in [0.4, 0.5) is 0 Å². The zero-order valence-corrected chi connectivity index (χ0v) is 14.8. The van der Waals surface area contributed by atoms with Gasteiger partial charge in [0.2, 0.25) is 0 Å². The van der Waals surface area contributed by atoms with Crippen LogP contribution in [0.5, 0.6) is 0 Å². The fraction of sp³-hybridized carbons (Fsp3) is 0.895. The van der Waals surface area contributed by atoms with Gasteiger partial charge in [-0.1, -0.05) is 96.5 Å². The molecular weight excluding hydrogens is 256 g/mol. The Morgan fingerprint density at radius 3 is 1.48 bits per heavy atom. The summed E-state index contributed by atoms with van der Waals surface area (Å²) in [6.45, 7) is 5.38. The van der Waals surface area contributed by atoms with Crippen LogP contribution < -0.4 is 10.9 Å². The van der Waals surface area contributed by atoms with Crippen molar-refractivity contribution in [2.45, 2.75) is 104 Å². The van der Waals surface area contributed by atoms with E-state index in [1.54, 1.807) is 0 Å². The SMILES string of the molecule is C/C=C/NNCCCCCCCCCCCCCCCC. The number of hydrogen-bond donors (Lipinski definition) is 2. The minimum absolute atomic E-state index is 1.07. The Balaban J connectivity index is 2.93. The zero-order valence-electron chi connectivity index (χ0n) is 14.8. The first-order chi connectivity index (χ1) is 10.4. The zero-order chi connectivity index (χ0) is 15.4. The number of allylic oxidation sites excluding steroid dienone is 1. The average Bonchev–Trinajstić information content (AvgIpc) is 2.50. The second-order valence-electron chi connectivity index (χ2n) is 6.17. The lowest BCUT2D eigenvalue weighted by molar-refractivity contribution is 0.523. The topological polar surface area (TPSA) is 24.1 Å². The van der Waals surface area contributed by atoms with Gasteiger partial charge in [-0.25, -0.2) is 5.43 Å². The van der Waals surface area contributed by atoms with Crippen LogP contribution in [-0.4, -0.2) is 6.54 Å². The van der Waals surface area contributed by atoms with Gasteiger partial charge >= 0.3 is 0 Å². The Labute approximate surface area is 134 Å². The molecule has 0 spiro atoms. The predicted molar refractivity (Wildman–Crippen MR) is 96.3 cm³/mol. The van der Waals surface area contributed by atoms with E-state index in [2.05, 4.69) is 17.8 Å². The molecule has 21 heavy (non-hydrogen) atoms. The fourth-order valence-electron chi connectivity index (χ4n) is 2.62. The van der Waals surface area contributed by atoms with Crippen LogP contribution in [0.1, 0.15) is 104 Å². The van der Waals surface area contributed by atoms with Gasteiger partial charge in [-0.3, -0.25) is 0 Å². The molecule has 0 atom stereocenters. The van der Waals surface area contributed by atoms with Crippen molar-refractivity contribution in [3.8, 4) is 0 Å². The molecule has 0 heterocycles. The number of rotatable bonds is 17. The second-order valence-corrected chi connectivity index (χ2v) is 6.17. The molecule has 0 aliphatic carbocycles. The van der Waals surface area contributed by atoms with E-state index < -0.39 is 0 Å². The Hall–Kier alpha value is -0.500. The summed E-state index contributed by atoms with van der Waals surface area (Å²) < 4.78 is 0. The summed E-state index contributed by atoms with van der Waals surface area (Å²) >= 11 is 0. The minimum Gasteiger partial charge on any atom is -0.329 e. The van der Waals surface area contributed by atoms with Crippen molar-refractivity contribution in [2.75, 3.05) is 6.54 Å². The van der Waals surface area contributed by atoms with E-state index in [0.717, 1.165) is 6.54 Å². The van der Waals surface area contributed by atoms with Gasteiger partial charge in [0.1, 0.15) is 0 Å². The molecule has 0 unspecified atom stereocenters. The van der Waals surface area contributed by atoms with Gasteiger partial charge < -0.3 is 5.43 Å². The van der Waals surface area contributed by atoms with Crippen molar-refractivity contribution in [1.29, 1.82) is 0 Å². The van der Waals surface area contributed by atoms with E-state index in [0.29, 0.717) is 0 Å². The van der Waals surface area contributed by atoms with Crippen molar-refractivity contribution in [3.05, 3.63) is 12.3 Å². The van der Waals surface area contributed by atoms with E-state index in [4.69, 9.17) is 0 Å². The molecule has 0 aromatic carbocycles.